The second-order valence-electron chi connectivity index (χ2n) is 4.91. The van der Waals surface area contributed by atoms with Crippen LogP contribution in [0.5, 0.6) is 0 Å². The number of rotatable bonds is 2. The van der Waals surface area contributed by atoms with E-state index in [-0.39, 0.29) is 29.0 Å². The molecule has 20 heavy (non-hydrogen) atoms. The number of amides is 3. The number of benzene rings is 1. The van der Waals surface area contributed by atoms with Crippen LogP contribution in [0.15, 0.2) is 18.2 Å². The van der Waals surface area contributed by atoms with E-state index in [4.69, 9.17) is 5.73 Å². The molecule has 0 saturated carbocycles. The molecule has 0 aliphatic carbocycles. The highest BCUT2D eigenvalue weighted by atomic mass is 16.2. The van der Waals surface area contributed by atoms with Gasteiger partial charge in [-0.15, -0.1) is 0 Å². The zero-order valence-electron chi connectivity index (χ0n) is 12.3. The van der Waals surface area contributed by atoms with E-state index in [1.807, 2.05) is 0 Å². The van der Waals surface area contributed by atoms with Crippen LogP contribution in [0, 0.1) is 0 Å². The summed E-state index contributed by atoms with van der Waals surface area (Å²) < 4.78 is 0. The molecular weight excluding hydrogens is 256 g/mol. The molecule has 2 rings (SSSR count). The summed E-state index contributed by atoms with van der Waals surface area (Å²) in [6.07, 6.45) is 1.25. The maximum Gasteiger partial charge on any atom is 0.261 e. The largest absolute Gasteiger partial charge is 0.366 e. The number of primary amides is 1. The summed E-state index contributed by atoms with van der Waals surface area (Å²) in [6.45, 7) is 7.77. The van der Waals surface area contributed by atoms with Gasteiger partial charge in [0, 0.05) is 11.6 Å². The zero-order valence-corrected chi connectivity index (χ0v) is 12.3. The van der Waals surface area contributed by atoms with Crippen LogP contribution in [-0.4, -0.2) is 28.7 Å². The van der Waals surface area contributed by atoms with Crippen molar-refractivity contribution in [2.75, 3.05) is 0 Å². The van der Waals surface area contributed by atoms with E-state index in [9.17, 15) is 14.4 Å². The number of carbonyl (C=O) groups is 3. The Hall–Kier alpha value is -2.17. The van der Waals surface area contributed by atoms with Gasteiger partial charge in [-0.3, -0.25) is 19.3 Å². The minimum absolute atomic E-state index is 0.209. The smallest absolute Gasteiger partial charge is 0.261 e. The molecule has 108 valence electrons. The Morgan fingerprint density at radius 3 is 2.10 bits per heavy atom. The monoisotopic (exact) mass is 276 g/mol. The van der Waals surface area contributed by atoms with Gasteiger partial charge >= 0.3 is 0 Å². The molecular formula is C15H20N2O3. The van der Waals surface area contributed by atoms with Gasteiger partial charge in [0.15, 0.2) is 0 Å². The van der Waals surface area contributed by atoms with Crippen molar-refractivity contribution in [2.45, 2.75) is 40.2 Å². The highest BCUT2D eigenvalue weighted by molar-refractivity contribution is 6.22. The second-order valence-corrected chi connectivity index (χ2v) is 4.91. The lowest BCUT2D eigenvalue weighted by Gasteiger charge is -2.17. The Kier molecular flexibility index (Phi) is 5.02. The van der Waals surface area contributed by atoms with Gasteiger partial charge in [-0.05, 0) is 32.0 Å². The van der Waals surface area contributed by atoms with E-state index in [1.54, 1.807) is 13.8 Å². The molecule has 5 heteroatoms. The Balaban J connectivity index is 0.000000612. The van der Waals surface area contributed by atoms with Crippen molar-refractivity contribution >= 4 is 17.7 Å². The van der Waals surface area contributed by atoms with E-state index >= 15 is 0 Å². The molecule has 0 spiro atoms. The first-order valence-corrected chi connectivity index (χ1v) is 6.66. The number of fused-ring (bicyclic) bond motifs is 1. The predicted molar refractivity (Wildman–Crippen MR) is 76.6 cm³/mol. The van der Waals surface area contributed by atoms with Gasteiger partial charge in [0.05, 0.1) is 11.1 Å². The molecule has 0 atom stereocenters. The van der Waals surface area contributed by atoms with Crippen molar-refractivity contribution in [3.05, 3.63) is 34.9 Å². The third kappa shape index (κ3) is 2.87. The van der Waals surface area contributed by atoms with Crippen LogP contribution in [0.3, 0.4) is 0 Å². The highest BCUT2D eigenvalue weighted by Gasteiger charge is 2.37. The quantitative estimate of drug-likeness (QED) is 0.841. The number of carbonyl (C=O) groups excluding carboxylic acids is 3. The molecule has 1 aliphatic rings. The van der Waals surface area contributed by atoms with Crippen molar-refractivity contribution in [1.82, 2.24) is 4.90 Å². The summed E-state index contributed by atoms with van der Waals surface area (Å²) in [4.78, 5) is 36.1. The van der Waals surface area contributed by atoms with Crippen molar-refractivity contribution in [3.63, 3.8) is 0 Å². The third-order valence-corrected chi connectivity index (χ3v) is 2.72. The van der Waals surface area contributed by atoms with Gasteiger partial charge in [0.1, 0.15) is 0 Å². The summed E-state index contributed by atoms with van der Waals surface area (Å²) >= 11 is 0. The van der Waals surface area contributed by atoms with E-state index in [2.05, 4.69) is 13.8 Å². The summed E-state index contributed by atoms with van der Waals surface area (Å²) in [5, 5.41) is 0. The van der Waals surface area contributed by atoms with Crippen LogP contribution >= 0.6 is 0 Å². The Labute approximate surface area is 118 Å². The van der Waals surface area contributed by atoms with Crippen LogP contribution in [0.1, 0.15) is 65.2 Å². The van der Waals surface area contributed by atoms with Gasteiger partial charge in [-0.1, -0.05) is 20.3 Å². The molecule has 1 aromatic carbocycles. The van der Waals surface area contributed by atoms with Gasteiger partial charge in [-0.25, -0.2) is 0 Å². The van der Waals surface area contributed by atoms with Crippen LogP contribution in [0.4, 0.5) is 0 Å². The van der Waals surface area contributed by atoms with Gasteiger partial charge in [0.2, 0.25) is 5.91 Å². The fourth-order valence-corrected chi connectivity index (χ4v) is 1.88. The van der Waals surface area contributed by atoms with Crippen LogP contribution < -0.4 is 5.73 Å². The molecule has 0 unspecified atom stereocenters. The van der Waals surface area contributed by atoms with Crippen molar-refractivity contribution in [3.8, 4) is 0 Å². The first-order chi connectivity index (χ1) is 9.34. The minimum Gasteiger partial charge on any atom is -0.366 e. The SMILES string of the molecule is CC(C)N1C(=O)c2ccc(C(N)=O)cc2C1=O.CCC. The number of hydrogen-bond donors (Lipinski definition) is 1. The first-order valence-electron chi connectivity index (χ1n) is 6.66. The first kappa shape index (κ1) is 15.9. The lowest BCUT2D eigenvalue weighted by Crippen LogP contribution is -2.35. The topological polar surface area (TPSA) is 80.5 Å². The summed E-state index contributed by atoms with van der Waals surface area (Å²) in [6, 6.07) is 4.09. The minimum atomic E-state index is -0.615. The fraction of sp³-hybridized carbons (Fsp3) is 0.400. The molecule has 0 bridgehead atoms. The van der Waals surface area contributed by atoms with Crippen LogP contribution in [-0.2, 0) is 0 Å². The molecule has 1 aliphatic heterocycles. The Bertz CT molecular complexity index is 550. The molecule has 1 heterocycles. The maximum atomic E-state index is 12.0. The van der Waals surface area contributed by atoms with Crippen molar-refractivity contribution in [1.29, 1.82) is 0 Å². The molecule has 5 nitrogen and oxygen atoms in total. The van der Waals surface area contributed by atoms with E-state index in [1.165, 1.54) is 29.5 Å². The number of imide groups is 1. The summed E-state index contributed by atoms with van der Waals surface area (Å²) in [7, 11) is 0. The standard InChI is InChI=1S/C12H12N2O3.C3H8/c1-6(2)14-11(16)8-4-3-7(10(13)15)5-9(8)12(14)17;1-3-2/h3-6H,1-2H3,(H2,13,15);3H2,1-2H3. The molecule has 1 aromatic rings. The summed E-state index contributed by atoms with van der Waals surface area (Å²) in [5.74, 6) is -1.31. The number of hydrogen-bond acceptors (Lipinski definition) is 3. The number of nitrogens with two attached hydrogens (primary N) is 1. The van der Waals surface area contributed by atoms with Gasteiger partial charge in [0.25, 0.3) is 11.8 Å². The van der Waals surface area contributed by atoms with Gasteiger partial charge < -0.3 is 5.73 Å². The Morgan fingerprint density at radius 2 is 1.65 bits per heavy atom. The molecule has 3 amide bonds. The third-order valence-electron chi connectivity index (χ3n) is 2.72. The lowest BCUT2D eigenvalue weighted by atomic mass is 10.1. The number of nitrogens with zero attached hydrogens (tertiary/aromatic N) is 1. The fourth-order valence-electron chi connectivity index (χ4n) is 1.88. The predicted octanol–water partition coefficient (Wildman–Crippen LogP) is 2.21. The lowest BCUT2D eigenvalue weighted by molar-refractivity contribution is 0.0609. The zero-order chi connectivity index (χ0) is 15.4. The average Bonchev–Trinajstić information content (AvgIpc) is 2.62. The summed E-state index contributed by atoms with van der Waals surface area (Å²) in [5.41, 5.74) is 5.94. The molecule has 0 aromatic heterocycles. The van der Waals surface area contributed by atoms with E-state index in [0.717, 1.165) is 0 Å². The van der Waals surface area contributed by atoms with E-state index < -0.39 is 5.91 Å². The maximum absolute atomic E-state index is 12.0. The second kappa shape index (κ2) is 6.32. The van der Waals surface area contributed by atoms with Crippen molar-refractivity contribution < 1.29 is 14.4 Å². The average molecular weight is 276 g/mol. The van der Waals surface area contributed by atoms with E-state index in [0.29, 0.717) is 5.56 Å². The molecule has 2 N–H and O–H groups in total. The Morgan fingerprint density at radius 1 is 1.15 bits per heavy atom. The molecule has 0 fully saturated rings. The molecule has 0 saturated heterocycles. The molecule has 0 radical (unpaired) electrons. The van der Waals surface area contributed by atoms with Crippen LogP contribution in [0.25, 0.3) is 0 Å². The van der Waals surface area contributed by atoms with Gasteiger partial charge in [-0.2, -0.15) is 0 Å². The normalized spacial score (nSPS) is 13.2. The highest BCUT2D eigenvalue weighted by Crippen LogP contribution is 2.25. The van der Waals surface area contributed by atoms with Crippen molar-refractivity contribution in [2.24, 2.45) is 5.73 Å². The van der Waals surface area contributed by atoms with Crippen LogP contribution in [0.2, 0.25) is 0 Å².